The summed E-state index contributed by atoms with van der Waals surface area (Å²) in [5.41, 5.74) is 0.0302. The van der Waals surface area contributed by atoms with E-state index in [9.17, 15) is 55.9 Å². The molecule has 0 aromatic carbocycles. The standard InChI is InChI=1S/C45H74O17/c1-18(2)8-11-27(48)19(3)31-28(59-43-39(56)40(34(51)29(17-46)60-43)62-42-38(55)36(53)33(50)21(5)58-42)16-26-24-10-9-22-14-23(47)15-30(45(22,7)25(24)12-13-44(26,31)6)61-41-37(54)35(52)32(49)20(4)57-41/h9,18-21,23-26,28-43,46-47,49-56H,8,10-17H2,1-7H3. The molecule has 7 aliphatic rings. The number of carbonyl (C=O) groups excluding carboxylic acids is 1. The van der Waals surface area contributed by atoms with Crippen LogP contribution in [0.1, 0.15) is 99.8 Å². The van der Waals surface area contributed by atoms with E-state index in [-0.39, 0.29) is 35.9 Å². The van der Waals surface area contributed by atoms with Gasteiger partial charge in [-0.1, -0.05) is 46.3 Å². The summed E-state index contributed by atoms with van der Waals surface area (Å²) >= 11 is 0. The average molecular weight is 887 g/mol. The number of allylic oxidation sites excluding steroid dienone is 1. The van der Waals surface area contributed by atoms with Crippen molar-refractivity contribution < 1.29 is 84.3 Å². The van der Waals surface area contributed by atoms with E-state index >= 15 is 0 Å². The monoisotopic (exact) mass is 886 g/mol. The Morgan fingerprint density at radius 1 is 0.758 bits per heavy atom. The molecule has 25 unspecified atom stereocenters. The van der Waals surface area contributed by atoms with Crippen molar-refractivity contribution in [3.05, 3.63) is 11.6 Å². The Hall–Kier alpha value is -1.23. The van der Waals surface area contributed by atoms with Crippen molar-refractivity contribution in [2.75, 3.05) is 6.61 Å². The number of carbonyl (C=O) groups is 1. The molecular formula is C45H74O17. The minimum atomic E-state index is -1.73. The first-order valence-electron chi connectivity index (χ1n) is 23.0. The van der Waals surface area contributed by atoms with Crippen LogP contribution in [-0.4, -0.2) is 174 Å². The summed E-state index contributed by atoms with van der Waals surface area (Å²) in [4.78, 5) is 14.1. The minimum absolute atomic E-state index is 0.000524. The molecule has 0 bridgehead atoms. The van der Waals surface area contributed by atoms with E-state index in [1.165, 1.54) is 6.92 Å². The Labute approximate surface area is 364 Å². The third-order valence-electron chi connectivity index (χ3n) is 16.6. The number of hydrogen-bond donors (Lipinski definition) is 10. The van der Waals surface area contributed by atoms with Crippen molar-refractivity contribution in [2.45, 2.75) is 210 Å². The highest BCUT2D eigenvalue weighted by Crippen LogP contribution is 2.68. The lowest BCUT2D eigenvalue weighted by Crippen LogP contribution is -2.64. The molecule has 6 fully saturated rings. The number of ketones is 1. The van der Waals surface area contributed by atoms with Crippen LogP contribution in [0.2, 0.25) is 0 Å². The maximum Gasteiger partial charge on any atom is 0.187 e. The van der Waals surface area contributed by atoms with Gasteiger partial charge in [-0.25, -0.2) is 0 Å². The third kappa shape index (κ3) is 8.63. The van der Waals surface area contributed by atoms with Crippen LogP contribution in [0, 0.1) is 46.3 Å². The third-order valence-corrected chi connectivity index (χ3v) is 16.6. The molecule has 3 aliphatic heterocycles. The number of aliphatic hydroxyl groups is 10. The zero-order valence-electron chi connectivity index (χ0n) is 37.1. The number of hydrogen-bond acceptors (Lipinski definition) is 17. The van der Waals surface area contributed by atoms with Crippen LogP contribution in [0.3, 0.4) is 0 Å². The fourth-order valence-electron chi connectivity index (χ4n) is 12.9. The van der Waals surface area contributed by atoms with Gasteiger partial charge >= 0.3 is 0 Å². The van der Waals surface area contributed by atoms with Crippen molar-refractivity contribution in [3.63, 3.8) is 0 Å². The van der Waals surface area contributed by atoms with Gasteiger partial charge in [0.1, 0.15) is 66.8 Å². The molecule has 10 N–H and O–H groups in total. The molecule has 0 spiro atoms. The summed E-state index contributed by atoms with van der Waals surface area (Å²) in [6.07, 6.45) is -16.4. The van der Waals surface area contributed by atoms with Crippen molar-refractivity contribution in [1.82, 2.24) is 0 Å². The number of aliphatic hydroxyl groups excluding tert-OH is 10. The van der Waals surface area contributed by atoms with Gasteiger partial charge in [-0.2, -0.15) is 0 Å². The van der Waals surface area contributed by atoms with Gasteiger partial charge in [-0.05, 0) is 81.5 Å². The predicted molar refractivity (Wildman–Crippen MR) is 217 cm³/mol. The molecule has 356 valence electrons. The molecule has 25 atom stereocenters. The first kappa shape index (κ1) is 48.7. The SMILES string of the molecule is CC(C)CCC(=O)C(C)C1C(OC2OC(CO)C(O)C(OC3OC(C)C(O)C(O)C3O)C2O)CC2C3CC=C4CC(O)CC(OC5OC(C)C(O)C(O)C5O)C4(C)C3CCC21C. The van der Waals surface area contributed by atoms with Crippen LogP contribution in [0.25, 0.3) is 0 Å². The molecule has 7 rings (SSSR count). The highest BCUT2D eigenvalue weighted by atomic mass is 16.7. The van der Waals surface area contributed by atoms with Gasteiger partial charge in [0, 0.05) is 30.1 Å². The number of ether oxygens (including phenoxy) is 6. The minimum Gasteiger partial charge on any atom is -0.394 e. The van der Waals surface area contributed by atoms with E-state index in [2.05, 4.69) is 33.8 Å². The maximum atomic E-state index is 14.1. The summed E-state index contributed by atoms with van der Waals surface area (Å²) < 4.78 is 36.9. The second kappa shape index (κ2) is 18.8. The van der Waals surface area contributed by atoms with E-state index in [0.717, 1.165) is 24.8 Å². The first-order valence-corrected chi connectivity index (χ1v) is 23.0. The molecule has 62 heavy (non-hydrogen) atoms. The first-order chi connectivity index (χ1) is 29.1. The summed E-state index contributed by atoms with van der Waals surface area (Å²) in [6.45, 7) is 12.9. The van der Waals surface area contributed by atoms with Crippen LogP contribution in [0.15, 0.2) is 11.6 Å². The number of fused-ring (bicyclic) bond motifs is 5. The summed E-state index contributed by atoms with van der Waals surface area (Å²) in [5.74, 6) is -0.252. The van der Waals surface area contributed by atoms with Crippen LogP contribution < -0.4 is 0 Å². The van der Waals surface area contributed by atoms with Gasteiger partial charge in [-0.3, -0.25) is 4.79 Å². The van der Waals surface area contributed by atoms with E-state index in [0.29, 0.717) is 31.6 Å². The van der Waals surface area contributed by atoms with E-state index in [4.69, 9.17) is 28.4 Å². The smallest absolute Gasteiger partial charge is 0.187 e. The normalized spacial score (nSPS) is 52.5. The quantitative estimate of drug-likeness (QED) is 0.116. The molecule has 3 saturated heterocycles. The van der Waals surface area contributed by atoms with Crippen LogP contribution in [0.5, 0.6) is 0 Å². The topological polar surface area (TPSA) is 275 Å². The van der Waals surface area contributed by atoms with E-state index in [1.54, 1.807) is 6.92 Å². The maximum absolute atomic E-state index is 14.1. The highest BCUT2D eigenvalue weighted by Gasteiger charge is 2.65. The molecule has 3 heterocycles. The zero-order chi connectivity index (χ0) is 45.3. The molecule has 0 aromatic heterocycles. The Morgan fingerprint density at radius 3 is 1.95 bits per heavy atom. The molecule has 0 aromatic rings. The van der Waals surface area contributed by atoms with Crippen molar-refractivity contribution in [3.8, 4) is 0 Å². The molecular weight excluding hydrogens is 812 g/mol. The van der Waals surface area contributed by atoms with E-state index in [1.807, 2.05) is 6.92 Å². The van der Waals surface area contributed by atoms with Crippen LogP contribution >= 0.6 is 0 Å². The molecule has 17 heteroatoms. The molecule has 3 saturated carbocycles. The Balaban J connectivity index is 1.18. The van der Waals surface area contributed by atoms with Crippen molar-refractivity contribution in [1.29, 1.82) is 0 Å². The predicted octanol–water partition coefficient (Wildman–Crippen LogP) is 0.0371. The highest BCUT2D eigenvalue weighted by molar-refractivity contribution is 5.81. The van der Waals surface area contributed by atoms with Gasteiger partial charge in [0.15, 0.2) is 18.9 Å². The summed E-state index contributed by atoms with van der Waals surface area (Å²) in [7, 11) is 0. The van der Waals surface area contributed by atoms with Crippen LogP contribution in [0.4, 0.5) is 0 Å². The Bertz CT molecular complexity index is 1580. The molecule has 0 amide bonds. The lowest BCUT2D eigenvalue weighted by Gasteiger charge is -2.60. The van der Waals surface area contributed by atoms with Gasteiger partial charge in [0.25, 0.3) is 0 Å². The second-order valence-corrected chi connectivity index (χ2v) is 20.7. The number of Topliss-reactive ketones (excluding diaryl/α,β-unsaturated/α-hetero) is 1. The molecule has 0 radical (unpaired) electrons. The lowest BCUT2D eigenvalue weighted by atomic mass is 9.46. The second-order valence-electron chi connectivity index (χ2n) is 20.7. The largest absolute Gasteiger partial charge is 0.394 e. The zero-order valence-corrected chi connectivity index (χ0v) is 37.1. The average Bonchev–Trinajstić information content (AvgIpc) is 3.53. The van der Waals surface area contributed by atoms with Gasteiger partial charge < -0.3 is 79.5 Å². The van der Waals surface area contributed by atoms with Gasteiger partial charge in [0.05, 0.1) is 37.1 Å². The van der Waals surface area contributed by atoms with Crippen molar-refractivity contribution >= 4 is 5.78 Å². The Kier molecular flexibility index (Phi) is 14.8. The summed E-state index contributed by atoms with van der Waals surface area (Å²) in [5, 5.41) is 108. The van der Waals surface area contributed by atoms with E-state index < -0.39 is 134 Å². The molecule has 4 aliphatic carbocycles. The molecule has 17 nitrogen and oxygen atoms in total. The van der Waals surface area contributed by atoms with Crippen molar-refractivity contribution in [2.24, 2.45) is 46.3 Å². The number of rotatable bonds is 12. The fourth-order valence-corrected chi connectivity index (χ4v) is 12.9. The van der Waals surface area contributed by atoms with Gasteiger partial charge in [0.2, 0.25) is 0 Å². The van der Waals surface area contributed by atoms with Crippen LogP contribution in [-0.2, 0) is 33.2 Å². The van der Waals surface area contributed by atoms with Gasteiger partial charge in [-0.15, -0.1) is 0 Å². The lowest BCUT2D eigenvalue weighted by molar-refractivity contribution is -0.362. The fraction of sp³-hybridized carbons (Fsp3) is 0.933. The summed E-state index contributed by atoms with van der Waals surface area (Å²) in [6, 6.07) is 0. The Morgan fingerprint density at radius 2 is 1.35 bits per heavy atom.